The molecule has 0 bridgehead atoms. The minimum absolute atomic E-state index is 0.0151. The van der Waals surface area contributed by atoms with Crippen molar-refractivity contribution in [2.75, 3.05) is 9.80 Å². The smallest absolute Gasteiger partial charge is 0.289 e. The number of benzene rings is 2. The van der Waals surface area contributed by atoms with E-state index >= 15 is 0 Å². The molecule has 0 atom stereocenters. The second kappa shape index (κ2) is 7.02. The minimum atomic E-state index is -1.11. The molecule has 0 aromatic heterocycles. The van der Waals surface area contributed by atoms with Gasteiger partial charge in [0.15, 0.2) is 5.11 Å². The van der Waals surface area contributed by atoms with Crippen molar-refractivity contribution >= 4 is 63.5 Å². The normalized spacial score (nSPS) is 15.7. The van der Waals surface area contributed by atoms with Gasteiger partial charge in [0, 0.05) is 6.07 Å². The maximum Gasteiger partial charge on any atom is 0.289 e. The quantitative estimate of drug-likeness (QED) is 0.395. The summed E-state index contributed by atoms with van der Waals surface area (Å²) < 4.78 is 0. The van der Waals surface area contributed by atoms with Crippen LogP contribution in [0.25, 0.3) is 0 Å². The minimum Gasteiger partial charge on any atom is -0.303 e. The maximum atomic E-state index is 13.1. The van der Waals surface area contributed by atoms with Gasteiger partial charge in [0.05, 0.1) is 26.9 Å². The molecule has 0 radical (unpaired) electrons. The second-order valence-corrected chi connectivity index (χ2v) is 7.67. The van der Waals surface area contributed by atoms with Crippen LogP contribution in [0.5, 0.6) is 0 Å². The number of anilines is 2. The Morgan fingerprint density at radius 2 is 1.79 bits per heavy atom. The van der Waals surface area contributed by atoms with Gasteiger partial charge in [0.2, 0.25) is 0 Å². The maximum absolute atomic E-state index is 13.1. The van der Waals surface area contributed by atoms with Gasteiger partial charge < -0.3 is 4.90 Å². The number of carbonyl (C=O) groups excluding carboxylic acids is 1. The summed E-state index contributed by atoms with van der Waals surface area (Å²) in [5, 5.41) is 20.6. The van der Waals surface area contributed by atoms with E-state index in [-0.39, 0.29) is 32.3 Å². The molecule has 1 aliphatic rings. The summed E-state index contributed by atoms with van der Waals surface area (Å²) in [6, 6.07) is 10.7. The van der Waals surface area contributed by atoms with Crippen LogP contribution in [0, 0.1) is 21.4 Å². The molecular weight excluding hydrogens is 423 g/mol. The molecule has 1 amide bonds. The highest BCUT2D eigenvalue weighted by atomic mass is 35.5. The fourth-order valence-corrected chi connectivity index (χ4v) is 3.90. The highest BCUT2D eigenvalue weighted by Crippen LogP contribution is 2.39. The lowest BCUT2D eigenvalue weighted by Crippen LogP contribution is -2.44. The van der Waals surface area contributed by atoms with Crippen molar-refractivity contribution in [2.24, 2.45) is 0 Å². The topological polar surface area (TPSA) is 90.5 Å². The molecular formula is C18H12Cl2N4O3S. The monoisotopic (exact) mass is 434 g/mol. The summed E-state index contributed by atoms with van der Waals surface area (Å²) in [5.41, 5.74) is -0.365. The fourth-order valence-electron chi connectivity index (χ4n) is 2.97. The van der Waals surface area contributed by atoms with Gasteiger partial charge in [0.1, 0.15) is 16.6 Å². The van der Waals surface area contributed by atoms with Crippen molar-refractivity contribution < 1.29 is 9.72 Å². The molecule has 0 spiro atoms. The molecule has 7 nitrogen and oxygen atoms in total. The number of hydrogen-bond donors (Lipinski definition) is 0. The van der Waals surface area contributed by atoms with Gasteiger partial charge >= 0.3 is 0 Å². The first-order chi connectivity index (χ1) is 13.1. The predicted molar refractivity (Wildman–Crippen MR) is 111 cm³/mol. The van der Waals surface area contributed by atoms with Crippen molar-refractivity contribution in [3.05, 3.63) is 62.1 Å². The number of nitro benzene ring substituents is 1. The molecule has 0 saturated carbocycles. The molecule has 142 valence electrons. The summed E-state index contributed by atoms with van der Waals surface area (Å²) in [4.78, 5) is 26.6. The van der Waals surface area contributed by atoms with Gasteiger partial charge in [-0.3, -0.25) is 19.8 Å². The van der Waals surface area contributed by atoms with Gasteiger partial charge in [-0.2, -0.15) is 5.26 Å². The molecule has 0 aliphatic carbocycles. The van der Waals surface area contributed by atoms with Gasteiger partial charge in [-0.25, -0.2) is 0 Å². The Kier molecular flexibility index (Phi) is 5.02. The average Bonchev–Trinajstić information content (AvgIpc) is 2.80. The highest BCUT2D eigenvalue weighted by molar-refractivity contribution is 7.81. The van der Waals surface area contributed by atoms with Crippen molar-refractivity contribution in [1.29, 1.82) is 5.26 Å². The van der Waals surface area contributed by atoms with Crippen molar-refractivity contribution in [3.63, 3.8) is 0 Å². The van der Waals surface area contributed by atoms with Crippen LogP contribution in [0.3, 0.4) is 0 Å². The van der Waals surface area contributed by atoms with Crippen molar-refractivity contribution in [1.82, 2.24) is 0 Å². The number of hydrogen-bond acceptors (Lipinski definition) is 5. The van der Waals surface area contributed by atoms with Gasteiger partial charge in [0.25, 0.3) is 11.6 Å². The van der Waals surface area contributed by atoms with Crippen LogP contribution in [0.4, 0.5) is 17.1 Å². The van der Waals surface area contributed by atoms with E-state index in [0.717, 1.165) is 0 Å². The molecule has 1 fully saturated rings. The summed E-state index contributed by atoms with van der Waals surface area (Å²) in [6.45, 7) is 3.32. The van der Waals surface area contributed by atoms with E-state index in [9.17, 15) is 14.9 Å². The van der Waals surface area contributed by atoms with Crippen LogP contribution >= 0.6 is 35.4 Å². The van der Waals surface area contributed by atoms with E-state index in [2.05, 4.69) is 0 Å². The summed E-state index contributed by atoms with van der Waals surface area (Å²) in [7, 11) is 0. The highest BCUT2D eigenvalue weighted by Gasteiger charge is 2.50. The Labute approximate surface area is 175 Å². The molecule has 2 aromatic rings. The van der Waals surface area contributed by atoms with E-state index in [1.165, 1.54) is 34.1 Å². The first-order valence-electron chi connectivity index (χ1n) is 7.92. The number of nitriles is 1. The summed E-state index contributed by atoms with van der Waals surface area (Å²) in [5.74, 6) is -0.337. The third-order valence-corrected chi connectivity index (χ3v) is 5.38. The van der Waals surface area contributed by atoms with Crippen LogP contribution in [-0.2, 0) is 4.79 Å². The lowest BCUT2D eigenvalue weighted by molar-refractivity contribution is -0.384. The van der Waals surface area contributed by atoms with Gasteiger partial charge in [-0.1, -0.05) is 23.2 Å². The molecule has 28 heavy (non-hydrogen) atoms. The SMILES string of the molecule is CC1(C)C(=O)N(c2ccc(C#N)c(Cl)c2)C(=S)N1c1ccc(Cl)c([N+](=O)[O-])c1. The molecule has 1 heterocycles. The summed E-state index contributed by atoms with van der Waals surface area (Å²) in [6.07, 6.45) is 0. The lowest BCUT2D eigenvalue weighted by Gasteiger charge is -2.29. The largest absolute Gasteiger partial charge is 0.303 e. The van der Waals surface area contributed by atoms with E-state index < -0.39 is 10.5 Å². The van der Waals surface area contributed by atoms with Crippen LogP contribution in [0.1, 0.15) is 19.4 Å². The standard InChI is InChI=1S/C18H12Cl2N4O3S/c1-18(2)16(25)22(11-4-3-10(9-21)14(20)7-11)17(28)23(18)12-5-6-13(19)15(8-12)24(26)27/h3-8H,1-2H3. The molecule has 1 aliphatic heterocycles. The van der Waals surface area contributed by atoms with Crippen molar-refractivity contribution in [3.8, 4) is 6.07 Å². The molecule has 2 aromatic carbocycles. The van der Waals surface area contributed by atoms with Crippen LogP contribution in [0.2, 0.25) is 10.0 Å². The lowest BCUT2D eigenvalue weighted by atomic mass is 10.0. The van der Waals surface area contributed by atoms with Crippen LogP contribution < -0.4 is 9.80 Å². The van der Waals surface area contributed by atoms with E-state index in [0.29, 0.717) is 11.4 Å². The van der Waals surface area contributed by atoms with E-state index in [1.54, 1.807) is 26.0 Å². The molecule has 1 saturated heterocycles. The number of thiocarbonyl (C=S) groups is 1. The number of carbonyl (C=O) groups is 1. The zero-order valence-corrected chi connectivity index (χ0v) is 17.0. The Balaban J connectivity index is 2.11. The van der Waals surface area contributed by atoms with Crippen LogP contribution in [-0.4, -0.2) is 21.5 Å². The zero-order valence-electron chi connectivity index (χ0n) is 14.6. The molecule has 0 unspecified atom stereocenters. The second-order valence-electron chi connectivity index (χ2n) is 6.49. The van der Waals surface area contributed by atoms with Gasteiger partial charge in [-0.15, -0.1) is 0 Å². The number of halogens is 2. The predicted octanol–water partition coefficient (Wildman–Crippen LogP) is 4.69. The third kappa shape index (κ3) is 3.07. The third-order valence-electron chi connectivity index (χ3n) is 4.38. The number of rotatable bonds is 3. The molecule has 3 rings (SSSR count). The van der Waals surface area contributed by atoms with Gasteiger partial charge in [-0.05, 0) is 56.4 Å². The number of nitro groups is 1. The first kappa shape index (κ1) is 20.0. The number of nitrogens with zero attached hydrogens (tertiary/aromatic N) is 4. The molecule has 0 N–H and O–H groups in total. The number of amides is 1. The Bertz CT molecular complexity index is 1080. The Morgan fingerprint density at radius 3 is 2.36 bits per heavy atom. The van der Waals surface area contributed by atoms with Crippen molar-refractivity contribution in [2.45, 2.75) is 19.4 Å². The Morgan fingerprint density at radius 1 is 1.14 bits per heavy atom. The average molecular weight is 435 g/mol. The van der Waals surface area contributed by atoms with Crippen LogP contribution in [0.15, 0.2) is 36.4 Å². The van der Waals surface area contributed by atoms with E-state index in [1.807, 2.05) is 6.07 Å². The zero-order chi connectivity index (χ0) is 20.8. The molecule has 10 heteroatoms. The first-order valence-corrected chi connectivity index (χ1v) is 9.08. The Hall–Kier alpha value is -2.73. The fraction of sp³-hybridized carbons (Fsp3) is 0.167. The van der Waals surface area contributed by atoms with E-state index in [4.69, 9.17) is 40.7 Å². The summed E-state index contributed by atoms with van der Waals surface area (Å²) >= 11 is 17.5.